The highest BCUT2D eigenvalue weighted by molar-refractivity contribution is 5.99. The number of carbonyl (C=O) groups is 3. The van der Waals surface area contributed by atoms with Crippen molar-refractivity contribution in [3.8, 4) is 5.75 Å². The van der Waals surface area contributed by atoms with Crippen LogP contribution in [0.25, 0.3) is 0 Å². The highest BCUT2D eigenvalue weighted by Crippen LogP contribution is 2.17. The van der Waals surface area contributed by atoms with Crippen molar-refractivity contribution in [1.82, 2.24) is 10.6 Å². The third-order valence-electron chi connectivity index (χ3n) is 3.31. The van der Waals surface area contributed by atoms with Crippen LogP contribution in [0, 0.1) is 0 Å². The average Bonchev–Trinajstić information content (AvgIpc) is 2.61. The minimum atomic E-state index is -1.20. The van der Waals surface area contributed by atoms with E-state index in [9.17, 15) is 19.5 Å². The lowest BCUT2D eigenvalue weighted by Crippen LogP contribution is -2.44. The van der Waals surface area contributed by atoms with Crippen molar-refractivity contribution in [2.45, 2.75) is 19.6 Å². The molecule has 3 amide bonds. The van der Waals surface area contributed by atoms with Crippen LogP contribution in [-0.4, -0.2) is 29.1 Å². The van der Waals surface area contributed by atoms with Gasteiger partial charge in [0.25, 0.3) is 5.91 Å². The Kier molecular flexibility index (Phi) is 6.11. The summed E-state index contributed by atoms with van der Waals surface area (Å²) in [5, 5.41) is 14.2. The maximum Gasteiger partial charge on any atom is 0.342 e. The van der Waals surface area contributed by atoms with Gasteiger partial charge in [-0.05, 0) is 24.6 Å². The minimum absolute atomic E-state index is 0.0596. The molecule has 7 heteroatoms. The van der Waals surface area contributed by atoms with Crippen LogP contribution < -0.4 is 10.6 Å². The van der Waals surface area contributed by atoms with Crippen LogP contribution in [0.15, 0.2) is 54.6 Å². The van der Waals surface area contributed by atoms with Crippen LogP contribution in [0.4, 0.5) is 4.79 Å². The van der Waals surface area contributed by atoms with Crippen LogP contribution in [0.2, 0.25) is 0 Å². The van der Waals surface area contributed by atoms with Crippen molar-refractivity contribution in [3.05, 3.63) is 65.7 Å². The summed E-state index contributed by atoms with van der Waals surface area (Å²) in [6.45, 7) is 1.59. The van der Waals surface area contributed by atoms with E-state index in [-0.39, 0.29) is 17.9 Å². The first kappa shape index (κ1) is 18.0. The van der Waals surface area contributed by atoms with Gasteiger partial charge >= 0.3 is 12.0 Å². The molecule has 2 aromatic carbocycles. The number of hydrogen-bond acceptors (Lipinski definition) is 5. The molecule has 0 spiro atoms. The number of urea groups is 1. The molecule has 3 N–H and O–H groups in total. The van der Waals surface area contributed by atoms with E-state index in [0.717, 1.165) is 5.56 Å². The van der Waals surface area contributed by atoms with Crippen molar-refractivity contribution in [2.24, 2.45) is 0 Å². The van der Waals surface area contributed by atoms with Crippen LogP contribution in [0.1, 0.15) is 22.8 Å². The van der Waals surface area contributed by atoms with Gasteiger partial charge in [0.2, 0.25) is 0 Å². The number of hydrogen-bond donors (Lipinski definition) is 3. The van der Waals surface area contributed by atoms with Gasteiger partial charge in [-0.25, -0.2) is 9.59 Å². The fourth-order valence-electron chi connectivity index (χ4n) is 1.96. The summed E-state index contributed by atoms with van der Waals surface area (Å²) in [5.41, 5.74) is 0.819. The van der Waals surface area contributed by atoms with Crippen molar-refractivity contribution in [1.29, 1.82) is 0 Å². The number of rotatable bonds is 5. The number of para-hydroxylation sites is 1. The fraction of sp³-hybridized carbons (Fsp3) is 0.167. The van der Waals surface area contributed by atoms with Gasteiger partial charge in [0.15, 0.2) is 6.10 Å². The Bertz CT molecular complexity index is 761. The van der Waals surface area contributed by atoms with Crippen molar-refractivity contribution >= 4 is 17.9 Å². The van der Waals surface area contributed by atoms with Crippen molar-refractivity contribution < 1.29 is 24.2 Å². The summed E-state index contributed by atoms with van der Waals surface area (Å²) in [6, 6.07) is 14.3. The molecule has 0 heterocycles. The molecule has 0 aliphatic carbocycles. The number of ether oxygens (including phenoxy) is 1. The first-order valence-corrected chi connectivity index (χ1v) is 7.59. The quantitative estimate of drug-likeness (QED) is 0.721. The molecule has 0 aliphatic heterocycles. The van der Waals surface area contributed by atoms with Gasteiger partial charge in [-0.15, -0.1) is 0 Å². The molecule has 1 atom stereocenters. The number of aromatic hydroxyl groups is 1. The smallest absolute Gasteiger partial charge is 0.342 e. The Morgan fingerprint density at radius 3 is 2.36 bits per heavy atom. The molecule has 0 bridgehead atoms. The number of phenolic OH excluding ortho intramolecular Hbond substituents is 1. The minimum Gasteiger partial charge on any atom is -0.507 e. The van der Waals surface area contributed by atoms with Gasteiger partial charge in [-0.2, -0.15) is 0 Å². The van der Waals surface area contributed by atoms with E-state index in [2.05, 4.69) is 10.6 Å². The Morgan fingerprint density at radius 1 is 1.04 bits per heavy atom. The van der Waals surface area contributed by atoms with Gasteiger partial charge in [0, 0.05) is 6.54 Å². The van der Waals surface area contributed by atoms with E-state index in [1.54, 1.807) is 12.1 Å². The SMILES string of the molecule is CC(OC(=O)c1ccccc1O)C(=O)NC(=O)NCc1ccccc1. The lowest BCUT2D eigenvalue weighted by atomic mass is 10.2. The summed E-state index contributed by atoms with van der Waals surface area (Å²) in [5.74, 6) is -1.87. The van der Waals surface area contributed by atoms with E-state index >= 15 is 0 Å². The molecule has 2 rings (SSSR count). The van der Waals surface area contributed by atoms with Gasteiger partial charge < -0.3 is 15.2 Å². The zero-order valence-electron chi connectivity index (χ0n) is 13.6. The van der Waals surface area contributed by atoms with Crippen LogP contribution in [-0.2, 0) is 16.1 Å². The predicted molar refractivity (Wildman–Crippen MR) is 89.8 cm³/mol. The third kappa shape index (κ3) is 5.35. The second-order valence-corrected chi connectivity index (χ2v) is 5.22. The number of esters is 1. The van der Waals surface area contributed by atoms with Crippen molar-refractivity contribution in [2.75, 3.05) is 0 Å². The fourth-order valence-corrected chi connectivity index (χ4v) is 1.96. The summed E-state index contributed by atoms with van der Waals surface area (Å²) in [4.78, 5) is 35.5. The molecule has 2 aromatic rings. The second kappa shape index (κ2) is 8.49. The Balaban J connectivity index is 1.82. The Morgan fingerprint density at radius 2 is 1.68 bits per heavy atom. The van der Waals surface area contributed by atoms with E-state index < -0.39 is 24.0 Å². The van der Waals surface area contributed by atoms with Gasteiger partial charge in [0.1, 0.15) is 11.3 Å². The number of amides is 3. The summed E-state index contributed by atoms with van der Waals surface area (Å²) >= 11 is 0. The average molecular weight is 342 g/mol. The number of imide groups is 1. The number of carbonyl (C=O) groups excluding carboxylic acids is 3. The molecule has 0 aliphatic rings. The topological polar surface area (TPSA) is 105 Å². The zero-order chi connectivity index (χ0) is 18.2. The molecule has 7 nitrogen and oxygen atoms in total. The maximum absolute atomic E-state index is 11.9. The predicted octanol–water partition coefficient (Wildman–Crippen LogP) is 1.96. The highest BCUT2D eigenvalue weighted by Gasteiger charge is 2.22. The molecular weight excluding hydrogens is 324 g/mol. The third-order valence-corrected chi connectivity index (χ3v) is 3.31. The van der Waals surface area contributed by atoms with Crippen LogP contribution in [0.5, 0.6) is 5.75 Å². The zero-order valence-corrected chi connectivity index (χ0v) is 13.6. The van der Waals surface area contributed by atoms with E-state index in [0.29, 0.717) is 0 Å². The van der Waals surface area contributed by atoms with E-state index in [1.807, 2.05) is 30.3 Å². The molecule has 0 saturated heterocycles. The Labute approximate surface area is 144 Å². The van der Waals surface area contributed by atoms with Crippen LogP contribution >= 0.6 is 0 Å². The molecule has 0 saturated carbocycles. The second-order valence-electron chi connectivity index (χ2n) is 5.22. The Hall–Kier alpha value is -3.35. The summed E-state index contributed by atoms with van der Waals surface area (Å²) < 4.78 is 4.95. The molecule has 0 radical (unpaired) electrons. The maximum atomic E-state index is 11.9. The molecule has 1 unspecified atom stereocenters. The molecule has 130 valence electrons. The molecule has 25 heavy (non-hydrogen) atoms. The van der Waals surface area contributed by atoms with E-state index in [4.69, 9.17) is 4.74 Å². The van der Waals surface area contributed by atoms with Gasteiger partial charge in [-0.3, -0.25) is 10.1 Å². The number of benzene rings is 2. The summed E-state index contributed by atoms with van der Waals surface area (Å²) in [7, 11) is 0. The summed E-state index contributed by atoms with van der Waals surface area (Å²) in [6.07, 6.45) is -1.20. The first-order valence-electron chi connectivity index (χ1n) is 7.59. The number of phenols is 1. The first-order chi connectivity index (χ1) is 12.0. The monoisotopic (exact) mass is 342 g/mol. The number of nitrogens with one attached hydrogen (secondary N) is 2. The van der Waals surface area contributed by atoms with Gasteiger partial charge in [0.05, 0.1) is 0 Å². The lowest BCUT2D eigenvalue weighted by molar-refractivity contribution is -0.127. The highest BCUT2D eigenvalue weighted by atomic mass is 16.5. The normalized spacial score (nSPS) is 11.2. The molecule has 0 fully saturated rings. The van der Waals surface area contributed by atoms with Crippen molar-refractivity contribution in [3.63, 3.8) is 0 Å². The molecule has 0 aromatic heterocycles. The van der Waals surface area contributed by atoms with Crippen LogP contribution in [0.3, 0.4) is 0 Å². The largest absolute Gasteiger partial charge is 0.507 e. The van der Waals surface area contributed by atoms with E-state index in [1.165, 1.54) is 19.1 Å². The molecular formula is C18H18N2O5. The standard InChI is InChI=1S/C18H18N2O5/c1-12(25-17(23)14-9-5-6-10-15(14)21)16(22)20-18(24)19-11-13-7-3-2-4-8-13/h2-10,12,21H,11H2,1H3,(H2,19,20,22,24). The lowest BCUT2D eigenvalue weighted by Gasteiger charge is -2.13. The van der Waals surface area contributed by atoms with Gasteiger partial charge in [-0.1, -0.05) is 42.5 Å².